The van der Waals surface area contributed by atoms with E-state index in [0.29, 0.717) is 24.5 Å². The fraction of sp³-hybridized carbons (Fsp3) is 0.375. The molecule has 1 aliphatic heterocycles. The predicted octanol–water partition coefficient (Wildman–Crippen LogP) is 2.73. The van der Waals surface area contributed by atoms with Crippen molar-refractivity contribution in [3.05, 3.63) is 42.2 Å². The second-order valence-electron chi connectivity index (χ2n) is 5.35. The summed E-state index contributed by atoms with van der Waals surface area (Å²) in [5.41, 5.74) is 0.865. The maximum absolute atomic E-state index is 13.0. The number of benzene rings is 1. The van der Waals surface area contributed by atoms with Crippen LogP contribution in [0.3, 0.4) is 0 Å². The number of oxazole rings is 1. The van der Waals surface area contributed by atoms with Crippen molar-refractivity contribution in [3.8, 4) is 11.3 Å². The lowest BCUT2D eigenvalue weighted by molar-refractivity contribution is -0.0442. The zero-order valence-electron chi connectivity index (χ0n) is 12.5. The van der Waals surface area contributed by atoms with E-state index in [1.54, 1.807) is 17.0 Å². The molecule has 5 nitrogen and oxygen atoms in total. The first-order valence-electron chi connectivity index (χ1n) is 7.20. The van der Waals surface area contributed by atoms with Crippen molar-refractivity contribution in [2.45, 2.75) is 26.0 Å². The number of amides is 1. The van der Waals surface area contributed by atoms with Gasteiger partial charge in [-0.2, -0.15) is 0 Å². The SMILES string of the molecule is C[C@@H]1[C@@H](C)OCCN1C(=O)c1ncoc1-c1ccc(F)cc1. The van der Waals surface area contributed by atoms with Crippen molar-refractivity contribution in [1.29, 1.82) is 0 Å². The van der Waals surface area contributed by atoms with Gasteiger partial charge in [0.25, 0.3) is 5.91 Å². The summed E-state index contributed by atoms with van der Waals surface area (Å²) in [7, 11) is 0. The van der Waals surface area contributed by atoms with Gasteiger partial charge in [-0.1, -0.05) is 0 Å². The number of carbonyl (C=O) groups excluding carboxylic acids is 1. The molecule has 0 radical (unpaired) electrons. The number of ether oxygens (including phenoxy) is 1. The summed E-state index contributed by atoms with van der Waals surface area (Å²) in [6.45, 7) is 4.90. The van der Waals surface area contributed by atoms with Crippen LogP contribution in [0.4, 0.5) is 4.39 Å². The normalized spacial score (nSPS) is 21.9. The minimum atomic E-state index is -0.341. The Morgan fingerprint density at radius 1 is 1.32 bits per heavy atom. The minimum Gasteiger partial charge on any atom is -0.443 e. The van der Waals surface area contributed by atoms with Crippen molar-refractivity contribution in [3.63, 3.8) is 0 Å². The molecule has 0 bridgehead atoms. The molecule has 1 aliphatic rings. The van der Waals surface area contributed by atoms with Gasteiger partial charge < -0.3 is 14.1 Å². The van der Waals surface area contributed by atoms with Crippen molar-refractivity contribution in [2.75, 3.05) is 13.2 Å². The van der Waals surface area contributed by atoms with Gasteiger partial charge in [-0.3, -0.25) is 4.79 Å². The standard InChI is InChI=1S/C16H17FN2O3/c1-10-11(2)21-8-7-19(10)16(20)14-15(22-9-18-14)12-3-5-13(17)6-4-12/h3-6,9-11H,7-8H2,1-2H3/t10-,11-/m1/s1. The predicted molar refractivity (Wildman–Crippen MR) is 77.8 cm³/mol. The van der Waals surface area contributed by atoms with Crippen molar-refractivity contribution in [1.82, 2.24) is 9.88 Å². The zero-order chi connectivity index (χ0) is 15.7. The van der Waals surface area contributed by atoms with Crippen molar-refractivity contribution < 1.29 is 18.3 Å². The number of nitrogens with zero attached hydrogens (tertiary/aromatic N) is 2. The van der Waals surface area contributed by atoms with Crippen LogP contribution in [0.5, 0.6) is 0 Å². The molecule has 0 spiro atoms. The Morgan fingerprint density at radius 2 is 2.05 bits per heavy atom. The lowest BCUT2D eigenvalue weighted by Crippen LogP contribution is -2.51. The number of morpholine rings is 1. The van der Waals surface area contributed by atoms with Gasteiger partial charge in [0.15, 0.2) is 17.8 Å². The first-order chi connectivity index (χ1) is 10.6. The Hall–Kier alpha value is -2.21. The quantitative estimate of drug-likeness (QED) is 0.856. The monoisotopic (exact) mass is 304 g/mol. The van der Waals surface area contributed by atoms with Crippen LogP contribution in [0.15, 0.2) is 35.1 Å². The van der Waals surface area contributed by atoms with E-state index in [0.717, 1.165) is 0 Å². The van der Waals surface area contributed by atoms with Gasteiger partial charge >= 0.3 is 0 Å². The molecule has 1 fully saturated rings. The van der Waals surface area contributed by atoms with E-state index < -0.39 is 0 Å². The van der Waals surface area contributed by atoms with Gasteiger partial charge in [-0.05, 0) is 38.1 Å². The third kappa shape index (κ3) is 2.62. The molecule has 0 unspecified atom stereocenters. The molecule has 0 saturated carbocycles. The number of carbonyl (C=O) groups is 1. The Labute approximate surface area is 127 Å². The van der Waals surface area contributed by atoms with Gasteiger partial charge in [0, 0.05) is 12.1 Å². The van der Waals surface area contributed by atoms with E-state index in [2.05, 4.69) is 4.98 Å². The molecular weight excluding hydrogens is 287 g/mol. The Bertz CT molecular complexity index is 668. The highest BCUT2D eigenvalue weighted by Gasteiger charge is 2.32. The number of hydrogen-bond acceptors (Lipinski definition) is 4. The van der Waals surface area contributed by atoms with Gasteiger partial charge in [-0.15, -0.1) is 0 Å². The number of aromatic nitrogens is 1. The summed E-state index contributed by atoms with van der Waals surface area (Å²) < 4.78 is 23.9. The summed E-state index contributed by atoms with van der Waals surface area (Å²) in [4.78, 5) is 18.5. The maximum atomic E-state index is 13.0. The smallest absolute Gasteiger partial charge is 0.276 e. The molecule has 6 heteroatoms. The molecule has 1 amide bonds. The maximum Gasteiger partial charge on any atom is 0.276 e. The van der Waals surface area contributed by atoms with Crippen LogP contribution >= 0.6 is 0 Å². The molecule has 1 saturated heterocycles. The molecule has 3 rings (SSSR count). The Kier molecular flexibility index (Phi) is 3.94. The van der Waals surface area contributed by atoms with E-state index in [1.165, 1.54) is 18.5 Å². The molecule has 1 aromatic heterocycles. The number of halogens is 1. The van der Waals surface area contributed by atoms with E-state index in [1.807, 2.05) is 13.8 Å². The van der Waals surface area contributed by atoms with Crippen molar-refractivity contribution >= 4 is 5.91 Å². The van der Waals surface area contributed by atoms with Gasteiger partial charge in [0.1, 0.15) is 5.82 Å². The fourth-order valence-electron chi connectivity index (χ4n) is 2.56. The van der Waals surface area contributed by atoms with Crippen LogP contribution in [0.1, 0.15) is 24.3 Å². The molecule has 116 valence electrons. The average molecular weight is 304 g/mol. The third-order valence-corrected chi connectivity index (χ3v) is 4.02. The molecule has 2 atom stereocenters. The van der Waals surface area contributed by atoms with Crippen LogP contribution in [0.2, 0.25) is 0 Å². The van der Waals surface area contributed by atoms with Crippen molar-refractivity contribution in [2.24, 2.45) is 0 Å². The largest absolute Gasteiger partial charge is 0.443 e. The molecule has 22 heavy (non-hydrogen) atoms. The highest BCUT2D eigenvalue weighted by Crippen LogP contribution is 2.26. The lowest BCUT2D eigenvalue weighted by atomic mass is 10.1. The average Bonchev–Trinajstić information content (AvgIpc) is 2.99. The molecule has 1 aromatic carbocycles. The second-order valence-corrected chi connectivity index (χ2v) is 5.35. The number of rotatable bonds is 2. The van der Waals surface area contributed by atoms with E-state index in [-0.39, 0.29) is 29.6 Å². The zero-order valence-corrected chi connectivity index (χ0v) is 12.5. The summed E-state index contributed by atoms with van der Waals surface area (Å²) in [5.74, 6) is -0.182. The second kappa shape index (κ2) is 5.88. The van der Waals surface area contributed by atoms with E-state index >= 15 is 0 Å². The van der Waals surface area contributed by atoms with Gasteiger partial charge in [-0.25, -0.2) is 9.37 Å². The third-order valence-electron chi connectivity index (χ3n) is 4.02. The summed E-state index contributed by atoms with van der Waals surface area (Å²) in [5, 5.41) is 0. The van der Waals surface area contributed by atoms with Gasteiger partial charge in [0.05, 0.1) is 18.8 Å². The summed E-state index contributed by atoms with van der Waals surface area (Å²) >= 11 is 0. The fourth-order valence-corrected chi connectivity index (χ4v) is 2.56. The molecule has 2 aromatic rings. The Balaban J connectivity index is 1.91. The molecule has 0 N–H and O–H groups in total. The Morgan fingerprint density at radius 3 is 2.77 bits per heavy atom. The minimum absolute atomic E-state index is 0.0288. The van der Waals surface area contributed by atoms with Crippen LogP contribution in [-0.4, -0.2) is 41.1 Å². The lowest BCUT2D eigenvalue weighted by Gasteiger charge is -2.37. The molecule has 0 aliphatic carbocycles. The molecular formula is C16H17FN2O3. The van der Waals surface area contributed by atoms with Crippen LogP contribution in [0.25, 0.3) is 11.3 Å². The highest BCUT2D eigenvalue weighted by atomic mass is 19.1. The summed E-state index contributed by atoms with van der Waals surface area (Å²) in [6, 6.07) is 5.74. The van der Waals surface area contributed by atoms with E-state index in [9.17, 15) is 9.18 Å². The summed E-state index contributed by atoms with van der Waals surface area (Å²) in [6.07, 6.45) is 1.21. The van der Waals surface area contributed by atoms with Gasteiger partial charge in [0.2, 0.25) is 0 Å². The molecule has 2 heterocycles. The number of hydrogen-bond donors (Lipinski definition) is 0. The van der Waals surface area contributed by atoms with E-state index in [4.69, 9.17) is 9.15 Å². The van der Waals surface area contributed by atoms with Crippen LogP contribution in [0, 0.1) is 5.82 Å². The first-order valence-corrected chi connectivity index (χ1v) is 7.20. The highest BCUT2D eigenvalue weighted by molar-refractivity contribution is 5.97. The van der Waals surface area contributed by atoms with Crippen LogP contribution < -0.4 is 0 Å². The topological polar surface area (TPSA) is 55.6 Å². The first kappa shape index (κ1) is 14.7. The van der Waals surface area contributed by atoms with Crippen LogP contribution in [-0.2, 0) is 4.74 Å².